The number of ether oxygens (including phenoxy) is 2. The van der Waals surface area contributed by atoms with E-state index in [1.807, 2.05) is 24.3 Å². The van der Waals surface area contributed by atoms with Gasteiger partial charge in [0.05, 0.1) is 6.61 Å². The van der Waals surface area contributed by atoms with E-state index >= 15 is 0 Å². The zero-order chi connectivity index (χ0) is 21.8. The highest BCUT2D eigenvalue weighted by molar-refractivity contribution is 6.04. The van der Waals surface area contributed by atoms with Crippen LogP contribution in [-0.4, -0.2) is 24.6 Å². The fourth-order valence-corrected chi connectivity index (χ4v) is 2.92. The van der Waals surface area contributed by atoms with Crippen LogP contribution in [0.4, 0.5) is 5.69 Å². The number of carbonyl (C=O) groups excluding carboxylic acids is 2. The molecule has 1 amide bonds. The number of nitrogens with one attached hydrogen (secondary N) is 1. The molecule has 2 aromatic rings. The minimum absolute atomic E-state index is 0.189. The highest BCUT2D eigenvalue weighted by atomic mass is 16.6. The molecular formula is C25H33NO4. The lowest BCUT2D eigenvalue weighted by Crippen LogP contribution is -2.26. The van der Waals surface area contributed by atoms with E-state index in [2.05, 4.69) is 19.2 Å². The third-order valence-electron chi connectivity index (χ3n) is 4.78. The molecule has 162 valence electrons. The number of esters is 1. The van der Waals surface area contributed by atoms with Gasteiger partial charge in [0.1, 0.15) is 5.75 Å². The van der Waals surface area contributed by atoms with Crippen molar-refractivity contribution in [2.75, 3.05) is 11.9 Å². The fraction of sp³-hybridized carbons (Fsp3) is 0.440. The van der Waals surface area contributed by atoms with Gasteiger partial charge in [0.15, 0.2) is 6.10 Å². The fourth-order valence-electron chi connectivity index (χ4n) is 2.92. The molecule has 2 rings (SSSR count). The average molecular weight is 412 g/mol. The number of anilines is 1. The summed E-state index contributed by atoms with van der Waals surface area (Å²) >= 11 is 0. The van der Waals surface area contributed by atoms with E-state index in [0.717, 1.165) is 44.2 Å². The van der Waals surface area contributed by atoms with Crippen LogP contribution in [0.5, 0.6) is 5.75 Å². The van der Waals surface area contributed by atoms with Crippen LogP contribution in [-0.2, 0) is 16.0 Å². The average Bonchev–Trinajstić information content (AvgIpc) is 2.76. The van der Waals surface area contributed by atoms with Crippen molar-refractivity contribution in [2.24, 2.45) is 0 Å². The second-order valence-corrected chi connectivity index (χ2v) is 7.41. The molecule has 0 fully saturated rings. The summed E-state index contributed by atoms with van der Waals surface area (Å²) in [6, 6.07) is 14.7. The van der Waals surface area contributed by atoms with E-state index in [0.29, 0.717) is 17.9 Å². The second-order valence-electron chi connectivity index (χ2n) is 7.41. The monoisotopic (exact) mass is 411 g/mol. The Kier molecular flexibility index (Phi) is 9.92. The standard InChI is InChI=1S/C25H33NO4/c1-4-6-8-18-29-25(28)19(3)30-23-16-12-21(13-17-23)24(27)26-22-14-10-20(11-15-22)9-7-5-2/h10-17,19H,4-9,18H2,1-3H3,(H,26,27)/t19-/m1/s1. The van der Waals surface area contributed by atoms with Crippen LogP contribution in [0.25, 0.3) is 0 Å². The van der Waals surface area contributed by atoms with Gasteiger partial charge in [-0.05, 0) is 68.1 Å². The third kappa shape index (κ3) is 7.90. The topological polar surface area (TPSA) is 64.6 Å². The number of rotatable bonds is 12. The van der Waals surface area contributed by atoms with E-state index in [1.54, 1.807) is 31.2 Å². The van der Waals surface area contributed by atoms with Gasteiger partial charge >= 0.3 is 5.97 Å². The summed E-state index contributed by atoms with van der Waals surface area (Å²) in [7, 11) is 0. The molecule has 0 aliphatic carbocycles. The molecule has 5 nitrogen and oxygen atoms in total. The first-order valence-electron chi connectivity index (χ1n) is 10.9. The molecule has 0 heterocycles. The maximum atomic E-state index is 12.5. The Labute approximate surface area is 179 Å². The van der Waals surface area contributed by atoms with Gasteiger partial charge in [0, 0.05) is 11.3 Å². The van der Waals surface area contributed by atoms with Gasteiger partial charge in [-0.3, -0.25) is 4.79 Å². The van der Waals surface area contributed by atoms with Crippen molar-refractivity contribution in [3.05, 3.63) is 59.7 Å². The summed E-state index contributed by atoms with van der Waals surface area (Å²) < 4.78 is 10.8. The van der Waals surface area contributed by atoms with E-state index < -0.39 is 6.10 Å². The van der Waals surface area contributed by atoms with Crippen LogP contribution in [0.1, 0.15) is 68.8 Å². The van der Waals surface area contributed by atoms with Crippen LogP contribution in [0.2, 0.25) is 0 Å². The Balaban J connectivity index is 1.84. The van der Waals surface area contributed by atoms with Crippen molar-refractivity contribution in [2.45, 2.75) is 65.4 Å². The number of hydrogen-bond donors (Lipinski definition) is 1. The van der Waals surface area contributed by atoms with Crippen molar-refractivity contribution in [3.63, 3.8) is 0 Å². The second kappa shape index (κ2) is 12.7. The molecule has 0 unspecified atom stereocenters. The molecule has 0 aliphatic heterocycles. The number of hydrogen-bond acceptors (Lipinski definition) is 4. The van der Waals surface area contributed by atoms with Crippen LogP contribution < -0.4 is 10.1 Å². The molecule has 1 atom stereocenters. The quantitative estimate of drug-likeness (QED) is 0.355. The molecule has 0 spiro atoms. The Hall–Kier alpha value is -2.82. The van der Waals surface area contributed by atoms with Gasteiger partial charge in [-0.15, -0.1) is 0 Å². The maximum Gasteiger partial charge on any atom is 0.347 e. The first-order chi connectivity index (χ1) is 14.5. The Morgan fingerprint density at radius 1 is 0.900 bits per heavy atom. The van der Waals surface area contributed by atoms with E-state index in [9.17, 15) is 9.59 Å². The number of carbonyl (C=O) groups is 2. The maximum absolute atomic E-state index is 12.5. The van der Waals surface area contributed by atoms with Crippen LogP contribution >= 0.6 is 0 Å². The molecule has 5 heteroatoms. The highest BCUT2D eigenvalue weighted by Gasteiger charge is 2.16. The number of aryl methyl sites for hydroxylation is 1. The molecule has 0 saturated heterocycles. The van der Waals surface area contributed by atoms with Gasteiger partial charge < -0.3 is 14.8 Å². The van der Waals surface area contributed by atoms with Gasteiger partial charge in [-0.25, -0.2) is 4.79 Å². The zero-order valence-corrected chi connectivity index (χ0v) is 18.3. The molecule has 0 radical (unpaired) electrons. The summed E-state index contributed by atoms with van der Waals surface area (Å²) in [5.41, 5.74) is 2.56. The summed E-state index contributed by atoms with van der Waals surface area (Å²) in [5.74, 6) is -0.0496. The zero-order valence-electron chi connectivity index (χ0n) is 18.3. The van der Waals surface area contributed by atoms with Crippen molar-refractivity contribution in [1.29, 1.82) is 0 Å². The smallest absolute Gasteiger partial charge is 0.347 e. The summed E-state index contributed by atoms with van der Waals surface area (Å²) in [5, 5.41) is 2.90. The van der Waals surface area contributed by atoms with Gasteiger partial charge in [0.2, 0.25) is 0 Å². The molecule has 0 saturated carbocycles. The van der Waals surface area contributed by atoms with E-state index in [1.165, 1.54) is 5.56 Å². The van der Waals surface area contributed by atoms with Crippen molar-refractivity contribution in [3.8, 4) is 5.75 Å². The molecule has 2 aromatic carbocycles. The number of amides is 1. The predicted molar refractivity (Wildman–Crippen MR) is 120 cm³/mol. The van der Waals surface area contributed by atoms with Crippen molar-refractivity contribution in [1.82, 2.24) is 0 Å². The largest absolute Gasteiger partial charge is 0.479 e. The van der Waals surface area contributed by atoms with Crippen LogP contribution in [0.3, 0.4) is 0 Å². The number of benzene rings is 2. The highest BCUT2D eigenvalue weighted by Crippen LogP contribution is 2.17. The Morgan fingerprint density at radius 2 is 1.57 bits per heavy atom. The molecular weight excluding hydrogens is 378 g/mol. The lowest BCUT2D eigenvalue weighted by molar-refractivity contribution is -0.151. The predicted octanol–water partition coefficient (Wildman–Crippen LogP) is 5.78. The molecule has 1 N–H and O–H groups in total. The van der Waals surface area contributed by atoms with Crippen LogP contribution in [0.15, 0.2) is 48.5 Å². The summed E-state index contributed by atoms with van der Waals surface area (Å²) in [6.07, 6.45) is 5.66. The van der Waals surface area contributed by atoms with Crippen LogP contribution in [0, 0.1) is 0 Å². The summed E-state index contributed by atoms with van der Waals surface area (Å²) in [6.45, 7) is 6.35. The van der Waals surface area contributed by atoms with Crippen molar-refractivity contribution < 1.29 is 19.1 Å². The first-order valence-corrected chi connectivity index (χ1v) is 10.9. The minimum Gasteiger partial charge on any atom is -0.479 e. The Morgan fingerprint density at radius 3 is 2.20 bits per heavy atom. The molecule has 0 bridgehead atoms. The third-order valence-corrected chi connectivity index (χ3v) is 4.78. The van der Waals surface area contributed by atoms with Gasteiger partial charge in [-0.1, -0.05) is 45.2 Å². The molecule has 0 aliphatic rings. The van der Waals surface area contributed by atoms with E-state index in [-0.39, 0.29) is 11.9 Å². The molecule has 30 heavy (non-hydrogen) atoms. The van der Waals surface area contributed by atoms with Crippen molar-refractivity contribution >= 4 is 17.6 Å². The van der Waals surface area contributed by atoms with Gasteiger partial charge in [0.25, 0.3) is 5.91 Å². The van der Waals surface area contributed by atoms with E-state index in [4.69, 9.17) is 9.47 Å². The lowest BCUT2D eigenvalue weighted by atomic mass is 10.1. The normalized spacial score (nSPS) is 11.6. The summed E-state index contributed by atoms with van der Waals surface area (Å²) in [4.78, 5) is 24.4. The lowest BCUT2D eigenvalue weighted by Gasteiger charge is -2.14. The number of unbranched alkanes of at least 4 members (excludes halogenated alkanes) is 3. The molecule has 0 aromatic heterocycles. The first kappa shape index (κ1) is 23.5. The SMILES string of the molecule is CCCCCOC(=O)[C@@H](C)Oc1ccc(C(=O)Nc2ccc(CCCC)cc2)cc1. The minimum atomic E-state index is -0.697. The Bertz CT molecular complexity index is 784. The van der Waals surface area contributed by atoms with Gasteiger partial charge in [-0.2, -0.15) is 0 Å².